The van der Waals surface area contributed by atoms with Crippen molar-refractivity contribution in [1.82, 2.24) is 14.2 Å². The number of carbonyl (C=O) groups is 1. The molecule has 1 fully saturated rings. The van der Waals surface area contributed by atoms with Crippen molar-refractivity contribution < 1.29 is 37.5 Å². The first-order chi connectivity index (χ1) is 30.5. The maximum atomic E-state index is 14.0. The predicted octanol–water partition coefficient (Wildman–Crippen LogP) is 8.54. The number of hydrogen-bond donors (Lipinski definition) is 0. The Morgan fingerprint density at radius 3 is 1.94 bits per heavy atom. The fourth-order valence-electron chi connectivity index (χ4n) is 7.81. The summed E-state index contributed by atoms with van der Waals surface area (Å²) < 4.78 is 49.5. The van der Waals surface area contributed by atoms with Gasteiger partial charge in [-0.3, -0.25) is 9.36 Å². The van der Waals surface area contributed by atoms with Crippen molar-refractivity contribution in [3.63, 3.8) is 0 Å². The number of aromatic nitrogens is 2. The van der Waals surface area contributed by atoms with E-state index in [1.807, 2.05) is 109 Å². The molecule has 0 radical (unpaired) electrons. The number of nitriles is 1. The molecule has 2 heterocycles. The highest BCUT2D eigenvalue weighted by Crippen LogP contribution is 2.51. The molecule has 1 aliphatic heterocycles. The van der Waals surface area contributed by atoms with E-state index in [0.29, 0.717) is 17.2 Å². The van der Waals surface area contributed by atoms with Gasteiger partial charge in [0, 0.05) is 24.7 Å². The monoisotopic (exact) mass is 876 g/mol. The van der Waals surface area contributed by atoms with E-state index in [0.717, 1.165) is 22.3 Å². The van der Waals surface area contributed by atoms with Crippen LogP contribution in [0.3, 0.4) is 0 Å². The third-order valence-electron chi connectivity index (χ3n) is 10.7. The molecule has 0 aliphatic carbocycles. The summed E-state index contributed by atoms with van der Waals surface area (Å²) in [6.07, 6.45) is -1.96. The minimum absolute atomic E-state index is 0.00813. The van der Waals surface area contributed by atoms with Gasteiger partial charge in [0.1, 0.15) is 41.2 Å². The molecule has 1 aliphatic rings. The van der Waals surface area contributed by atoms with Gasteiger partial charge in [-0.1, -0.05) is 84.9 Å². The Morgan fingerprint density at radius 2 is 1.41 bits per heavy atom. The van der Waals surface area contributed by atoms with Gasteiger partial charge in [-0.05, 0) is 87.2 Å². The number of Topliss-reactive ketones (excluding diaryl/α,β-unsaturated/α-hetero) is 1. The Kier molecular flexibility index (Phi) is 16.8. The Morgan fingerprint density at radius 1 is 0.841 bits per heavy atom. The predicted molar refractivity (Wildman–Crippen MR) is 240 cm³/mol. The third kappa shape index (κ3) is 11.5. The van der Waals surface area contributed by atoms with E-state index >= 15 is 0 Å². The van der Waals surface area contributed by atoms with E-state index in [9.17, 15) is 14.9 Å². The lowest BCUT2D eigenvalue weighted by Gasteiger charge is -2.39. The lowest BCUT2D eigenvalue weighted by atomic mass is 9.80. The standard InChI is InChI=1S/C49H57N4O9P/c1-34(2)53(35(3)4)63(60-30-14-28-50)62-45-44(61-47(46(45)58-32-37-15-10-8-11-16-37)52-29-27-41(31-36(5)54)51-48(52)55)33-59-49(38-17-12-9-13-18-38,39-19-23-42(56-6)24-20-39)40-21-25-43(57-7)26-22-40/h8-13,15-27,29,34-35,44-47H,14,30-33H2,1-7H3/t44?,45-,46-,47-,63?/m1/s1. The first-order valence-electron chi connectivity index (χ1n) is 21.1. The molecule has 0 bridgehead atoms. The Labute approximate surface area is 371 Å². The second-order valence-electron chi connectivity index (χ2n) is 15.7. The van der Waals surface area contributed by atoms with Crippen LogP contribution in [0.1, 0.15) is 75.2 Å². The number of methoxy groups -OCH3 is 2. The first kappa shape index (κ1) is 47.2. The highest BCUT2D eigenvalue weighted by atomic mass is 31.2. The van der Waals surface area contributed by atoms with Crippen LogP contribution < -0.4 is 15.2 Å². The topological polar surface area (TPSA) is 144 Å². The van der Waals surface area contributed by atoms with E-state index in [1.165, 1.54) is 11.5 Å². The molecule has 0 amide bonds. The molecule has 0 spiro atoms. The van der Waals surface area contributed by atoms with Crippen LogP contribution in [0.15, 0.2) is 126 Å². The fourth-order valence-corrected chi connectivity index (χ4v) is 9.58. The second kappa shape index (κ2) is 22.4. The van der Waals surface area contributed by atoms with E-state index in [2.05, 4.69) is 43.4 Å². The molecular formula is C49H57N4O9P. The Balaban J connectivity index is 1.51. The molecule has 6 rings (SSSR count). The smallest absolute Gasteiger partial charge is 0.350 e. The van der Waals surface area contributed by atoms with Crippen molar-refractivity contribution in [1.29, 1.82) is 5.26 Å². The summed E-state index contributed by atoms with van der Waals surface area (Å²) in [6, 6.07) is 39.0. The van der Waals surface area contributed by atoms with E-state index in [4.69, 9.17) is 32.7 Å². The van der Waals surface area contributed by atoms with Gasteiger partial charge in [-0.25, -0.2) is 9.46 Å². The zero-order valence-electron chi connectivity index (χ0n) is 37.0. The van der Waals surface area contributed by atoms with Crippen molar-refractivity contribution in [3.8, 4) is 17.6 Å². The summed E-state index contributed by atoms with van der Waals surface area (Å²) in [5.74, 6) is 1.25. The zero-order chi connectivity index (χ0) is 44.9. The molecule has 63 heavy (non-hydrogen) atoms. The minimum atomic E-state index is -1.84. The highest BCUT2D eigenvalue weighted by molar-refractivity contribution is 7.44. The molecule has 1 aromatic heterocycles. The molecule has 2 unspecified atom stereocenters. The molecule has 5 aromatic rings. The largest absolute Gasteiger partial charge is 0.497 e. The van der Waals surface area contributed by atoms with Crippen LogP contribution in [-0.4, -0.2) is 77.8 Å². The van der Waals surface area contributed by atoms with Gasteiger partial charge in [0.15, 0.2) is 6.23 Å². The molecule has 1 saturated heterocycles. The van der Waals surface area contributed by atoms with E-state index < -0.39 is 44.4 Å². The summed E-state index contributed by atoms with van der Waals surface area (Å²) in [5.41, 5.74) is 1.91. The summed E-state index contributed by atoms with van der Waals surface area (Å²) in [4.78, 5) is 30.3. The van der Waals surface area contributed by atoms with E-state index in [1.54, 1.807) is 26.5 Å². The van der Waals surface area contributed by atoms with Gasteiger partial charge in [0.05, 0.1) is 52.2 Å². The van der Waals surface area contributed by atoms with Crippen LogP contribution >= 0.6 is 8.53 Å². The number of ketones is 1. The van der Waals surface area contributed by atoms with Crippen molar-refractivity contribution >= 4 is 14.3 Å². The molecule has 332 valence electrons. The third-order valence-corrected chi connectivity index (χ3v) is 12.8. The van der Waals surface area contributed by atoms with Gasteiger partial charge in [-0.2, -0.15) is 10.2 Å². The summed E-state index contributed by atoms with van der Waals surface area (Å²) >= 11 is 0. The average molecular weight is 877 g/mol. The van der Waals surface area contributed by atoms with Crippen LogP contribution in [0, 0.1) is 11.3 Å². The summed E-state index contributed by atoms with van der Waals surface area (Å²) in [6.45, 7) is 9.96. The van der Waals surface area contributed by atoms with Crippen molar-refractivity contribution in [3.05, 3.63) is 160 Å². The van der Waals surface area contributed by atoms with Gasteiger partial charge in [0.25, 0.3) is 8.53 Å². The van der Waals surface area contributed by atoms with Crippen molar-refractivity contribution in [2.45, 2.75) is 96.3 Å². The maximum Gasteiger partial charge on any atom is 0.350 e. The number of carbonyl (C=O) groups excluding carboxylic acids is 1. The van der Waals surface area contributed by atoms with Crippen LogP contribution in [-0.2, 0) is 46.7 Å². The van der Waals surface area contributed by atoms with Crippen LogP contribution in [0.25, 0.3) is 0 Å². The molecule has 0 saturated carbocycles. The normalized spacial score (nSPS) is 18.1. The first-order valence-corrected chi connectivity index (χ1v) is 22.2. The molecule has 4 aromatic carbocycles. The average Bonchev–Trinajstić information content (AvgIpc) is 3.62. The molecule has 13 nitrogen and oxygen atoms in total. The number of ether oxygens (including phenoxy) is 5. The van der Waals surface area contributed by atoms with Crippen LogP contribution in [0.2, 0.25) is 0 Å². The fraction of sp³-hybridized carbons (Fsp3) is 0.388. The number of rotatable bonds is 22. The number of hydrogen-bond acceptors (Lipinski definition) is 12. The van der Waals surface area contributed by atoms with Crippen molar-refractivity contribution in [2.24, 2.45) is 0 Å². The van der Waals surface area contributed by atoms with Gasteiger partial charge >= 0.3 is 5.69 Å². The minimum Gasteiger partial charge on any atom is -0.497 e. The Bertz CT molecular complexity index is 2250. The zero-order valence-corrected chi connectivity index (χ0v) is 37.9. The number of benzene rings is 4. The van der Waals surface area contributed by atoms with Gasteiger partial charge in [0.2, 0.25) is 0 Å². The maximum absolute atomic E-state index is 14.0. The van der Waals surface area contributed by atoms with Gasteiger partial charge < -0.3 is 32.7 Å². The molecule has 14 heteroatoms. The summed E-state index contributed by atoms with van der Waals surface area (Å²) in [7, 11) is 1.41. The second-order valence-corrected chi connectivity index (χ2v) is 17.2. The van der Waals surface area contributed by atoms with Crippen LogP contribution in [0.5, 0.6) is 11.5 Å². The molecule has 5 atom stereocenters. The lowest BCUT2D eigenvalue weighted by Crippen LogP contribution is -2.43. The quantitative estimate of drug-likeness (QED) is 0.0374. The number of nitrogens with zero attached hydrogens (tertiary/aromatic N) is 4. The highest BCUT2D eigenvalue weighted by Gasteiger charge is 2.51. The Hall–Kier alpha value is -5.29. The summed E-state index contributed by atoms with van der Waals surface area (Å²) in [5, 5.41) is 9.52. The lowest BCUT2D eigenvalue weighted by molar-refractivity contribution is -0.116. The van der Waals surface area contributed by atoms with Gasteiger partial charge in [-0.15, -0.1) is 0 Å². The van der Waals surface area contributed by atoms with E-state index in [-0.39, 0.29) is 50.5 Å². The SMILES string of the molecule is COc1ccc(C(OCC2O[C@@H](n3ccc(CC(C)=O)nc3=O)[C@H](OCc3ccccc3)[C@@H]2OP(OCCC#N)N(C(C)C)C(C)C)(c2ccccc2)c2ccc(OC)cc2)cc1. The molecular weight excluding hydrogens is 820 g/mol. The molecule has 0 N–H and O–H groups in total. The van der Waals surface area contributed by atoms with Crippen LogP contribution in [0.4, 0.5) is 0 Å². The van der Waals surface area contributed by atoms with Crippen molar-refractivity contribution in [2.75, 3.05) is 27.4 Å².